The van der Waals surface area contributed by atoms with Crippen LogP contribution in [0.1, 0.15) is 11.3 Å². The van der Waals surface area contributed by atoms with Gasteiger partial charge >= 0.3 is 0 Å². The molecule has 0 aliphatic heterocycles. The van der Waals surface area contributed by atoms with Gasteiger partial charge in [-0.25, -0.2) is 0 Å². The van der Waals surface area contributed by atoms with Crippen molar-refractivity contribution in [3.05, 3.63) is 83.8 Å². The molecule has 1 amide bonds. The van der Waals surface area contributed by atoms with Crippen molar-refractivity contribution in [1.82, 2.24) is 5.32 Å². The van der Waals surface area contributed by atoms with Crippen LogP contribution in [0.15, 0.2) is 76.9 Å². The van der Waals surface area contributed by atoms with Crippen LogP contribution in [0.25, 0.3) is 6.08 Å². The Bertz CT molecular complexity index is 1030. The van der Waals surface area contributed by atoms with Crippen molar-refractivity contribution < 1.29 is 23.4 Å². The number of benzene rings is 2. The van der Waals surface area contributed by atoms with Crippen LogP contribution in [-0.4, -0.2) is 26.2 Å². The summed E-state index contributed by atoms with van der Waals surface area (Å²) in [5, 5.41) is 11.9. The van der Waals surface area contributed by atoms with Crippen molar-refractivity contribution in [2.75, 3.05) is 20.3 Å². The first-order valence-corrected chi connectivity index (χ1v) is 9.60. The highest BCUT2D eigenvalue weighted by Gasteiger charge is 2.09. The molecule has 1 heterocycles. The van der Waals surface area contributed by atoms with E-state index < -0.39 is 5.91 Å². The topological polar surface area (TPSA) is 93.7 Å². The van der Waals surface area contributed by atoms with Crippen LogP contribution in [0.4, 0.5) is 0 Å². The Morgan fingerprint density at radius 1 is 1.00 bits per heavy atom. The third-order valence-corrected chi connectivity index (χ3v) is 4.24. The number of hydrogen-bond acceptors (Lipinski definition) is 6. The van der Waals surface area contributed by atoms with Gasteiger partial charge in [0.05, 0.1) is 19.9 Å². The molecule has 3 rings (SSSR count). The summed E-state index contributed by atoms with van der Waals surface area (Å²) in [6.07, 6.45) is 3.05. The molecular weight excluding hydrogens is 396 g/mol. The molecule has 0 unspecified atom stereocenters. The highest BCUT2D eigenvalue weighted by atomic mass is 16.5. The molecule has 0 saturated carbocycles. The number of rotatable bonds is 10. The molecule has 0 atom stereocenters. The van der Waals surface area contributed by atoms with Crippen molar-refractivity contribution in [3.63, 3.8) is 0 Å². The fraction of sp³-hybridized carbons (Fsp3) is 0.167. The average Bonchev–Trinajstić information content (AvgIpc) is 3.34. The third kappa shape index (κ3) is 6.68. The van der Waals surface area contributed by atoms with Crippen LogP contribution in [-0.2, 0) is 11.3 Å². The Hall–Kier alpha value is -4.18. The molecule has 158 valence electrons. The second-order valence-electron chi connectivity index (χ2n) is 6.37. The Morgan fingerprint density at radius 2 is 1.61 bits per heavy atom. The molecule has 1 N–H and O–H groups in total. The second kappa shape index (κ2) is 11.1. The number of amides is 1. The Balaban J connectivity index is 1.46. The summed E-state index contributed by atoms with van der Waals surface area (Å²) < 4.78 is 21.5. The summed E-state index contributed by atoms with van der Waals surface area (Å²) in [5.41, 5.74) is 0.722. The van der Waals surface area contributed by atoms with Crippen molar-refractivity contribution in [3.8, 4) is 23.3 Å². The van der Waals surface area contributed by atoms with Crippen molar-refractivity contribution in [1.29, 1.82) is 5.26 Å². The first-order chi connectivity index (χ1) is 15.2. The summed E-state index contributed by atoms with van der Waals surface area (Å²) in [6, 6.07) is 19.8. The summed E-state index contributed by atoms with van der Waals surface area (Å²) >= 11 is 0. The first kappa shape index (κ1) is 21.5. The molecule has 0 spiro atoms. The highest BCUT2D eigenvalue weighted by molar-refractivity contribution is 6.01. The standard InChI is InChI=1S/C24H22N2O5/c1-28-20-8-10-22(11-9-20)31-14-13-30-21-6-4-18(5-7-21)15-19(16-25)24(27)26-17-23-3-2-12-29-23/h2-12,15H,13-14,17H2,1H3,(H,26,27)/b19-15+. The molecule has 7 nitrogen and oxygen atoms in total. The smallest absolute Gasteiger partial charge is 0.262 e. The Kier molecular flexibility index (Phi) is 7.72. The molecule has 0 aliphatic rings. The fourth-order valence-electron chi connectivity index (χ4n) is 2.64. The zero-order valence-electron chi connectivity index (χ0n) is 17.0. The van der Waals surface area contributed by atoms with Crippen LogP contribution in [0.5, 0.6) is 17.2 Å². The molecule has 0 bridgehead atoms. The Labute approximate surface area is 180 Å². The maximum atomic E-state index is 12.2. The molecule has 0 saturated heterocycles. The summed E-state index contributed by atoms with van der Waals surface area (Å²) in [6.45, 7) is 0.985. The zero-order valence-corrected chi connectivity index (χ0v) is 17.0. The molecule has 2 aromatic carbocycles. The van der Waals surface area contributed by atoms with E-state index in [-0.39, 0.29) is 12.1 Å². The van der Waals surface area contributed by atoms with Crippen LogP contribution in [0, 0.1) is 11.3 Å². The number of carbonyl (C=O) groups excluding carboxylic acids is 1. The number of furan rings is 1. The predicted molar refractivity (Wildman–Crippen MR) is 115 cm³/mol. The van der Waals surface area contributed by atoms with Crippen molar-refractivity contribution in [2.45, 2.75) is 6.54 Å². The minimum atomic E-state index is -0.463. The number of carbonyl (C=O) groups is 1. The van der Waals surface area contributed by atoms with E-state index in [9.17, 15) is 10.1 Å². The zero-order chi connectivity index (χ0) is 21.9. The van der Waals surface area contributed by atoms with Gasteiger partial charge in [0, 0.05) is 0 Å². The number of nitriles is 1. The van der Waals surface area contributed by atoms with Gasteiger partial charge < -0.3 is 23.9 Å². The molecule has 31 heavy (non-hydrogen) atoms. The lowest BCUT2D eigenvalue weighted by Gasteiger charge is -2.09. The van der Waals surface area contributed by atoms with E-state index >= 15 is 0 Å². The van der Waals surface area contributed by atoms with Crippen LogP contribution < -0.4 is 19.5 Å². The number of ether oxygens (including phenoxy) is 3. The molecule has 0 radical (unpaired) electrons. The Morgan fingerprint density at radius 3 is 2.16 bits per heavy atom. The van der Waals surface area contributed by atoms with Gasteiger partial charge in [-0.1, -0.05) is 12.1 Å². The van der Waals surface area contributed by atoms with Gasteiger partial charge in [0.15, 0.2) is 0 Å². The number of nitrogens with one attached hydrogen (secondary N) is 1. The molecule has 1 aromatic heterocycles. The van der Waals surface area contributed by atoms with E-state index in [1.807, 2.05) is 30.3 Å². The average molecular weight is 418 g/mol. The monoisotopic (exact) mass is 418 g/mol. The quantitative estimate of drug-likeness (QED) is 0.304. The van der Waals surface area contributed by atoms with Crippen molar-refractivity contribution >= 4 is 12.0 Å². The van der Waals surface area contributed by atoms with Crippen LogP contribution >= 0.6 is 0 Å². The van der Waals surface area contributed by atoms with Gasteiger partial charge in [0.2, 0.25) is 0 Å². The highest BCUT2D eigenvalue weighted by Crippen LogP contribution is 2.18. The SMILES string of the molecule is COc1ccc(OCCOc2ccc(/C=C(\C#N)C(=O)NCc3ccco3)cc2)cc1. The van der Waals surface area contributed by atoms with E-state index in [4.69, 9.17) is 18.6 Å². The van der Waals surface area contributed by atoms with Gasteiger partial charge in [-0.2, -0.15) is 5.26 Å². The summed E-state index contributed by atoms with van der Waals surface area (Å²) in [4.78, 5) is 12.2. The lowest BCUT2D eigenvalue weighted by Crippen LogP contribution is -2.23. The van der Waals surface area contributed by atoms with E-state index in [2.05, 4.69) is 5.32 Å². The second-order valence-corrected chi connectivity index (χ2v) is 6.37. The van der Waals surface area contributed by atoms with Gasteiger partial charge in [0.25, 0.3) is 5.91 Å². The number of methoxy groups -OCH3 is 1. The predicted octanol–water partition coefficient (Wildman–Crippen LogP) is 3.97. The van der Waals surface area contributed by atoms with E-state index in [1.54, 1.807) is 43.5 Å². The fourth-order valence-corrected chi connectivity index (χ4v) is 2.64. The maximum Gasteiger partial charge on any atom is 0.262 e. The van der Waals surface area contributed by atoms with E-state index in [0.717, 1.165) is 11.5 Å². The molecular formula is C24H22N2O5. The maximum absolute atomic E-state index is 12.2. The van der Waals surface area contributed by atoms with Gasteiger partial charge in [-0.15, -0.1) is 0 Å². The third-order valence-electron chi connectivity index (χ3n) is 4.24. The van der Waals surface area contributed by atoms with E-state index in [0.29, 0.717) is 30.3 Å². The van der Waals surface area contributed by atoms with Gasteiger partial charge in [0.1, 0.15) is 47.9 Å². The summed E-state index contributed by atoms with van der Waals surface area (Å²) in [7, 11) is 1.61. The van der Waals surface area contributed by atoms with Gasteiger partial charge in [-0.05, 0) is 60.2 Å². The number of nitrogens with zero attached hydrogens (tertiary/aromatic N) is 1. The van der Waals surface area contributed by atoms with E-state index in [1.165, 1.54) is 12.3 Å². The van der Waals surface area contributed by atoms with Crippen LogP contribution in [0.2, 0.25) is 0 Å². The molecule has 7 heteroatoms. The van der Waals surface area contributed by atoms with Gasteiger partial charge in [-0.3, -0.25) is 4.79 Å². The minimum Gasteiger partial charge on any atom is -0.497 e. The summed E-state index contributed by atoms with van der Waals surface area (Å²) in [5.74, 6) is 2.32. The lowest BCUT2D eigenvalue weighted by atomic mass is 10.1. The normalized spacial score (nSPS) is 10.8. The molecule has 0 aliphatic carbocycles. The molecule has 3 aromatic rings. The minimum absolute atomic E-state index is 0.00751. The van der Waals surface area contributed by atoms with Crippen LogP contribution in [0.3, 0.4) is 0 Å². The lowest BCUT2D eigenvalue weighted by molar-refractivity contribution is -0.117. The molecule has 0 fully saturated rings. The largest absolute Gasteiger partial charge is 0.497 e. The first-order valence-electron chi connectivity index (χ1n) is 9.60. The number of hydrogen-bond donors (Lipinski definition) is 1. The van der Waals surface area contributed by atoms with Crippen molar-refractivity contribution in [2.24, 2.45) is 0 Å².